The van der Waals surface area contributed by atoms with Crippen LogP contribution in [0.5, 0.6) is 0 Å². The standard InChI is InChI=1S/C23H48N2/c1-2-3-4-5-6-7-8-9-10-11-12-13-14-15-20-25-23-18-16-22(21-24)17-19-23/h22-23,25H,2-21,24H2,1H3. The molecule has 1 fully saturated rings. The molecule has 0 heterocycles. The second-order valence-electron chi connectivity index (χ2n) is 8.50. The van der Waals surface area contributed by atoms with Crippen LogP contribution in [-0.4, -0.2) is 19.1 Å². The fourth-order valence-electron chi connectivity index (χ4n) is 4.23. The van der Waals surface area contributed by atoms with Crippen LogP contribution < -0.4 is 11.1 Å². The van der Waals surface area contributed by atoms with Gasteiger partial charge in [-0.05, 0) is 51.1 Å². The third kappa shape index (κ3) is 13.7. The Bertz CT molecular complexity index is 259. The fraction of sp³-hybridized carbons (Fsp3) is 1.00. The Hall–Kier alpha value is -0.0800. The zero-order valence-corrected chi connectivity index (χ0v) is 17.4. The van der Waals surface area contributed by atoms with Gasteiger partial charge in [0.05, 0.1) is 0 Å². The first kappa shape index (κ1) is 23.0. The fourth-order valence-corrected chi connectivity index (χ4v) is 4.23. The van der Waals surface area contributed by atoms with Gasteiger partial charge in [-0.15, -0.1) is 0 Å². The molecule has 0 aromatic heterocycles. The van der Waals surface area contributed by atoms with Crippen molar-refractivity contribution in [2.24, 2.45) is 11.7 Å². The third-order valence-electron chi connectivity index (χ3n) is 6.14. The summed E-state index contributed by atoms with van der Waals surface area (Å²) in [6, 6.07) is 0.782. The number of rotatable bonds is 17. The number of hydrogen-bond donors (Lipinski definition) is 2. The van der Waals surface area contributed by atoms with Crippen LogP contribution in [-0.2, 0) is 0 Å². The lowest BCUT2D eigenvalue weighted by Crippen LogP contribution is -2.35. The van der Waals surface area contributed by atoms with E-state index in [9.17, 15) is 0 Å². The Labute approximate surface area is 159 Å². The van der Waals surface area contributed by atoms with Crippen LogP contribution in [0.25, 0.3) is 0 Å². The second-order valence-corrected chi connectivity index (χ2v) is 8.50. The quantitative estimate of drug-likeness (QED) is 0.290. The molecule has 0 aliphatic heterocycles. The molecule has 1 rings (SSSR count). The molecule has 0 spiro atoms. The van der Waals surface area contributed by atoms with Crippen LogP contribution in [0.4, 0.5) is 0 Å². The topological polar surface area (TPSA) is 38.0 Å². The highest BCUT2D eigenvalue weighted by Gasteiger charge is 2.19. The van der Waals surface area contributed by atoms with Crippen LogP contribution in [0.2, 0.25) is 0 Å². The molecule has 1 aliphatic carbocycles. The lowest BCUT2D eigenvalue weighted by atomic mass is 9.86. The molecule has 3 N–H and O–H groups in total. The molecule has 150 valence electrons. The van der Waals surface area contributed by atoms with E-state index in [-0.39, 0.29) is 0 Å². The molecule has 0 saturated heterocycles. The number of unbranched alkanes of at least 4 members (excludes halogenated alkanes) is 13. The maximum Gasteiger partial charge on any atom is 0.00672 e. The number of nitrogens with one attached hydrogen (secondary N) is 1. The Balaban J connectivity index is 1.71. The highest BCUT2D eigenvalue weighted by molar-refractivity contribution is 4.77. The summed E-state index contributed by atoms with van der Waals surface area (Å²) >= 11 is 0. The summed E-state index contributed by atoms with van der Waals surface area (Å²) in [5, 5.41) is 3.77. The van der Waals surface area contributed by atoms with Crippen molar-refractivity contribution in [2.75, 3.05) is 13.1 Å². The number of nitrogens with two attached hydrogens (primary N) is 1. The molecule has 0 atom stereocenters. The maximum absolute atomic E-state index is 5.76. The highest BCUT2D eigenvalue weighted by Crippen LogP contribution is 2.23. The molecule has 0 aromatic carbocycles. The monoisotopic (exact) mass is 352 g/mol. The van der Waals surface area contributed by atoms with Crippen molar-refractivity contribution < 1.29 is 0 Å². The summed E-state index contributed by atoms with van der Waals surface area (Å²) in [7, 11) is 0. The third-order valence-corrected chi connectivity index (χ3v) is 6.14. The van der Waals surface area contributed by atoms with Gasteiger partial charge in [0.15, 0.2) is 0 Å². The Morgan fingerprint density at radius 2 is 1.08 bits per heavy atom. The smallest absolute Gasteiger partial charge is 0.00672 e. The molecule has 2 nitrogen and oxygen atoms in total. The van der Waals surface area contributed by atoms with E-state index in [1.165, 1.54) is 122 Å². The minimum Gasteiger partial charge on any atom is -0.330 e. The first-order chi connectivity index (χ1) is 12.4. The average Bonchev–Trinajstić information content (AvgIpc) is 2.65. The maximum atomic E-state index is 5.76. The predicted octanol–water partition coefficient (Wildman–Crippen LogP) is 6.57. The molecule has 0 unspecified atom stereocenters. The highest BCUT2D eigenvalue weighted by atomic mass is 14.9. The largest absolute Gasteiger partial charge is 0.330 e. The average molecular weight is 353 g/mol. The summed E-state index contributed by atoms with van der Waals surface area (Å²) in [4.78, 5) is 0. The predicted molar refractivity (Wildman–Crippen MR) is 113 cm³/mol. The first-order valence-electron chi connectivity index (χ1n) is 11.8. The van der Waals surface area contributed by atoms with Gasteiger partial charge in [0.25, 0.3) is 0 Å². The zero-order chi connectivity index (χ0) is 18.0. The minimum absolute atomic E-state index is 0.782. The normalized spacial score (nSPS) is 20.9. The molecule has 1 aliphatic rings. The van der Waals surface area contributed by atoms with Gasteiger partial charge in [0, 0.05) is 6.04 Å². The Morgan fingerprint density at radius 3 is 1.52 bits per heavy atom. The summed E-state index contributed by atoms with van der Waals surface area (Å²) in [6.45, 7) is 4.42. The van der Waals surface area contributed by atoms with E-state index < -0.39 is 0 Å². The van der Waals surface area contributed by atoms with Crippen LogP contribution >= 0.6 is 0 Å². The SMILES string of the molecule is CCCCCCCCCCCCCCCCNC1CCC(CN)CC1. The van der Waals surface area contributed by atoms with Crippen LogP contribution in [0, 0.1) is 5.92 Å². The van der Waals surface area contributed by atoms with Crippen molar-refractivity contribution in [3.63, 3.8) is 0 Å². The van der Waals surface area contributed by atoms with E-state index in [2.05, 4.69) is 12.2 Å². The van der Waals surface area contributed by atoms with Crippen molar-refractivity contribution in [1.29, 1.82) is 0 Å². The molecular formula is C23H48N2. The van der Waals surface area contributed by atoms with Gasteiger partial charge in [-0.1, -0.05) is 90.4 Å². The van der Waals surface area contributed by atoms with Crippen molar-refractivity contribution >= 4 is 0 Å². The lowest BCUT2D eigenvalue weighted by Gasteiger charge is -2.28. The van der Waals surface area contributed by atoms with E-state index in [0.717, 1.165) is 18.5 Å². The molecular weight excluding hydrogens is 304 g/mol. The Morgan fingerprint density at radius 1 is 0.640 bits per heavy atom. The zero-order valence-electron chi connectivity index (χ0n) is 17.4. The van der Waals surface area contributed by atoms with Gasteiger partial charge in [-0.2, -0.15) is 0 Å². The molecule has 0 aromatic rings. The van der Waals surface area contributed by atoms with E-state index >= 15 is 0 Å². The van der Waals surface area contributed by atoms with Gasteiger partial charge in [0.1, 0.15) is 0 Å². The minimum atomic E-state index is 0.782. The van der Waals surface area contributed by atoms with Crippen LogP contribution in [0.15, 0.2) is 0 Å². The molecule has 25 heavy (non-hydrogen) atoms. The molecule has 0 radical (unpaired) electrons. The van der Waals surface area contributed by atoms with E-state index in [0.29, 0.717) is 0 Å². The molecule has 2 heteroatoms. The lowest BCUT2D eigenvalue weighted by molar-refractivity contribution is 0.296. The second kappa shape index (κ2) is 17.3. The van der Waals surface area contributed by atoms with E-state index in [1.807, 2.05) is 0 Å². The van der Waals surface area contributed by atoms with Crippen LogP contribution in [0.1, 0.15) is 122 Å². The van der Waals surface area contributed by atoms with Crippen molar-refractivity contribution in [1.82, 2.24) is 5.32 Å². The first-order valence-corrected chi connectivity index (χ1v) is 11.8. The van der Waals surface area contributed by atoms with Gasteiger partial charge in [-0.3, -0.25) is 0 Å². The van der Waals surface area contributed by atoms with Gasteiger partial charge in [0.2, 0.25) is 0 Å². The summed E-state index contributed by atoms with van der Waals surface area (Å²) in [6.07, 6.45) is 25.6. The summed E-state index contributed by atoms with van der Waals surface area (Å²) < 4.78 is 0. The molecule has 0 amide bonds. The molecule has 1 saturated carbocycles. The van der Waals surface area contributed by atoms with Crippen molar-refractivity contribution in [2.45, 2.75) is 129 Å². The van der Waals surface area contributed by atoms with Crippen LogP contribution in [0.3, 0.4) is 0 Å². The van der Waals surface area contributed by atoms with Gasteiger partial charge >= 0.3 is 0 Å². The number of hydrogen-bond acceptors (Lipinski definition) is 2. The van der Waals surface area contributed by atoms with Crippen molar-refractivity contribution in [3.05, 3.63) is 0 Å². The van der Waals surface area contributed by atoms with Gasteiger partial charge in [-0.25, -0.2) is 0 Å². The van der Waals surface area contributed by atoms with Gasteiger partial charge < -0.3 is 11.1 Å². The summed E-state index contributed by atoms with van der Waals surface area (Å²) in [5.74, 6) is 0.805. The van der Waals surface area contributed by atoms with E-state index in [1.54, 1.807) is 0 Å². The molecule has 0 bridgehead atoms. The van der Waals surface area contributed by atoms with E-state index in [4.69, 9.17) is 5.73 Å². The summed E-state index contributed by atoms with van der Waals surface area (Å²) in [5.41, 5.74) is 5.76. The Kier molecular flexibility index (Phi) is 15.9. The van der Waals surface area contributed by atoms with Crippen molar-refractivity contribution in [3.8, 4) is 0 Å².